The molecular formula is C8H14AlNO3. The number of fused-ring (bicyclic) bond motifs is 3. The van der Waals surface area contributed by atoms with Crippen molar-refractivity contribution in [3.05, 3.63) is 0 Å². The Bertz CT molecular complexity index is 204. The van der Waals surface area contributed by atoms with E-state index in [0.29, 0.717) is 22.5 Å². The van der Waals surface area contributed by atoms with Crippen molar-refractivity contribution in [3.63, 3.8) is 0 Å². The predicted octanol–water partition coefficient (Wildman–Crippen LogP) is -0.218. The first-order valence-electron chi connectivity index (χ1n) is 4.76. The molecule has 0 unspecified atom stereocenters. The summed E-state index contributed by atoms with van der Waals surface area (Å²) in [5.74, 6) is 0.575. The molecule has 3 aliphatic heterocycles. The number of hydrogen-bond donors (Lipinski definition) is 0. The summed E-state index contributed by atoms with van der Waals surface area (Å²) in [7, 11) is 0. The van der Waals surface area contributed by atoms with Gasteiger partial charge in [-0.25, -0.2) is 4.79 Å². The van der Waals surface area contributed by atoms with Crippen LogP contribution in [0.2, 0.25) is 0 Å². The van der Waals surface area contributed by atoms with Crippen LogP contribution in [0.5, 0.6) is 0 Å². The van der Waals surface area contributed by atoms with E-state index in [9.17, 15) is 4.79 Å². The molecule has 4 nitrogen and oxygen atoms in total. The fourth-order valence-electron chi connectivity index (χ4n) is 2.22. The molecule has 3 rings (SSSR count). The van der Waals surface area contributed by atoms with Gasteiger partial charge < -0.3 is 8.53 Å². The van der Waals surface area contributed by atoms with E-state index in [-0.39, 0.29) is 6.10 Å². The normalized spacial score (nSPS) is 37.1. The fourth-order valence-corrected chi connectivity index (χ4v) is 2.31. The first-order valence-corrected chi connectivity index (χ1v) is 5.58. The second-order valence-electron chi connectivity index (χ2n) is 3.75. The summed E-state index contributed by atoms with van der Waals surface area (Å²) in [5.41, 5.74) is 0. The molecule has 3 fully saturated rings. The lowest BCUT2D eigenvalue weighted by atomic mass is 9.86. The van der Waals surface area contributed by atoms with Crippen LogP contribution in [0.15, 0.2) is 0 Å². The van der Waals surface area contributed by atoms with Gasteiger partial charge in [0.25, 0.3) is 0 Å². The highest BCUT2D eigenvalue weighted by Gasteiger charge is 2.36. The number of nitrogens with zero attached hydrogens (tertiary/aromatic N) is 1. The van der Waals surface area contributed by atoms with Gasteiger partial charge in [-0.15, -0.1) is 0 Å². The fraction of sp³-hybridized carbons (Fsp3) is 0.875. The van der Waals surface area contributed by atoms with Gasteiger partial charge >= 0.3 is 22.8 Å². The van der Waals surface area contributed by atoms with Crippen molar-refractivity contribution in [1.29, 1.82) is 0 Å². The van der Waals surface area contributed by atoms with Crippen molar-refractivity contribution < 1.29 is 13.3 Å². The lowest BCUT2D eigenvalue weighted by Crippen LogP contribution is -2.51. The zero-order valence-corrected chi connectivity index (χ0v) is 9.86. The van der Waals surface area contributed by atoms with Crippen LogP contribution in [-0.4, -0.2) is 53.4 Å². The minimum Gasteiger partial charge on any atom is -0.591 e. The van der Waals surface area contributed by atoms with Crippen LogP contribution in [0.3, 0.4) is 0 Å². The van der Waals surface area contributed by atoms with Crippen molar-refractivity contribution in [2.24, 2.45) is 5.92 Å². The number of ether oxygens (including phenoxy) is 1. The maximum absolute atomic E-state index is 10.9. The van der Waals surface area contributed by atoms with E-state index in [2.05, 4.69) is 8.69 Å². The average Bonchev–Trinajstić information content (AvgIpc) is 2.19. The molecule has 0 N–H and O–H groups in total. The van der Waals surface area contributed by atoms with E-state index in [1.165, 1.54) is 25.9 Å². The van der Waals surface area contributed by atoms with Gasteiger partial charge in [0, 0.05) is 6.54 Å². The van der Waals surface area contributed by atoms with E-state index in [1.807, 2.05) is 0 Å². The minimum absolute atomic E-state index is 0.0870. The Labute approximate surface area is 85.9 Å². The third-order valence-electron chi connectivity index (χ3n) is 3.01. The Hall–Kier alpha value is -0.238. The number of carbonyl (C=O) groups excluding carboxylic acids is 1. The molecule has 2 bridgehead atoms. The van der Waals surface area contributed by atoms with Gasteiger partial charge in [-0.2, -0.15) is 0 Å². The number of hydrogen-bond acceptors (Lipinski definition) is 4. The third-order valence-corrected chi connectivity index (χ3v) is 3.34. The van der Waals surface area contributed by atoms with Crippen LogP contribution in [0.25, 0.3) is 0 Å². The number of rotatable bonds is 1. The molecule has 0 spiro atoms. The number of carbonyl (C=O) groups is 1. The van der Waals surface area contributed by atoms with Gasteiger partial charge in [0.05, 0.1) is 0 Å². The molecule has 72 valence electrons. The molecule has 1 atom stereocenters. The lowest BCUT2D eigenvalue weighted by Gasteiger charge is -2.43. The Balaban J connectivity index is 1.90. The zero-order valence-electron chi connectivity index (χ0n) is 7.86. The molecule has 5 heteroatoms. The van der Waals surface area contributed by atoms with Crippen LogP contribution in [-0.2, 0) is 8.53 Å². The highest BCUT2D eigenvalue weighted by atomic mass is 27.1. The summed E-state index contributed by atoms with van der Waals surface area (Å²) in [5, 5.41) is 0. The van der Waals surface area contributed by atoms with E-state index in [1.54, 1.807) is 0 Å². The van der Waals surface area contributed by atoms with Crippen LogP contribution < -0.4 is 0 Å². The smallest absolute Gasteiger partial charge is 0.504 e. The molecule has 0 aliphatic carbocycles. The average molecular weight is 199 g/mol. The third kappa shape index (κ3) is 1.99. The molecule has 13 heavy (non-hydrogen) atoms. The van der Waals surface area contributed by atoms with Gasteiger partial charge in [-0.1, -0.05) is 0 Å². The minimum atomic E-state index is -0.481. The summed E-state index contributed by atoms with van der Waals surface area (Å²) in [6, 6.07) is 0. The van der Waals surface area contributed by atoms with Crippen molar-refractivity contribution in [2.45, 2.75) is 18.9 Å². The molecule has 3 aliphatic rings. The SMILES string of the molecule is O=C([O][AlH2])O[C@H]1CN2CCC1CC2. The molecule has 0 amide bonds. The Morgan fingerprint density at radius 3 is 2.54 bits per heavy atom. The Kier molecular flexibility index (Phi) is 2.78. The van der Waals surface area contributed by atoms with Crippen molar-refractivity contribution in [3.8, 4) is 0 Å². The highest BCUT2D eigenvalue weighted by Crippen LogP contribution is 2.29. The van der Waals surface area contributed by atoms with Gasteiger partial charge in [-0.3, -0.25) is 4.90 Å². The van der Waals surface area contributed by atoms with E-state index in [0.717, 1.165) is 6.54 Å². The molecule has 0 aromatic carbocycles. The molecular weight excluding hydrogens is 185 g/mol. The van der Waals surface area contributed by atoms with Crippen molar-refractivity contribution in [2.75, 3.05) is 19.6 Å². The second kappa shape index (κ2) is 3.87. The standard InChI is InChI=1S/C8H13NO3.Al.2H/c10-8(11)12-7-5-9-3-1-6(7)2-4-9;;;/h6-7H,1-5H2,(H,10,11);;;/q;+1;;/p-1/t7-;;;/m0.../s1. The maximum Gasteiger partial charge on any atom is 0.504 e. The first-order chi connectivity index (χ1) is 6.29. The van der Waals surface area contributed by atoms with Crippen LogP contribution in [0, 0.1) is 5.92 Å². The zero-order chi connectivity index (χ0) is 9.26. The molecule has 0 radical (unpaired) electrons. The summed E-state index contributed by atoms with van der Waals surface area (Å²) < 4.78 is 9.83. The predicted molar refractivity (Wildman–Crippen MR) is 49.1 cm³/mol. The lowest BCUT2D eigenvalue weighted by molar-refractivity contribution is -0.0456. The maximum atomic E-state index is 10.9. The van der Waals surface area contributed by atoms with Crippen molar-refractivity contribution >= 4 is 22.8 Å². The monoisotopic (exact) mass is 199 g/mol. The molecule has 0 aromatic heterocycles. The molecule has 0 aromatic rings. The largest absolute Gasteiger partial charge is 0.591 e. The highest BCUT2D eigenvalue weighted by molar-refractivity contribution is 6.04. The Morgan fingerprint density at radius 1 is 1.38 bits per heavy atom. The van der Waals surface area contributed by atoms with Crippen LogP contribution in [0.4, 0.5) is 4.79 Å². The molecule has 3 heterocycles. The second-order valence-corrected chi connectivity index (χ2v) is 4.16. The van der Waals surface area contributed by atoms with Gasteiger partial charge in [-0.05, 0) is 31.8 Å². The van der Waals surface area contributed by atoms with Gasteiger partial charge in [0.1, 0.15) is 6.10 Å². The first kappa shape index (κ1) is 9.32. The molecule has 0 saturated carbocycles. The number of piperidine rings is 3. The summed E-state index contributed by atoms with van der Waals surface area (Å²) in [6.07, 6.45) is 1.94. The summed E-state index contributed by atoms with van der Waals surface area (Å²) in [4.78, 5) is 13.3. The van der Waals surface area contributed by atoms with Crippen LogP contribution in [0.1, 0.15) is 12.8 Å². The quantitative estimate of drug-likeness (QED) is 0.432. The van der Waals surface area contributed by atoms with Crippen LogP contribution >= 0.6 is 0 Å². The van der Waals surface area contributed by atoms with Crippen molar-refractivity contribution in [1.82, 2.24) is 4.90 Å². The van der Waals surface area contributed by atoms with E-state index >= 15 is 0 Å². The van der Waals surface area contributed by atoms with Gasteiger partial charge in [0.2, 0.25) is 0 Å². The van der Waals surface area contributed by atoms with E-state index in [4.69, 9.17) is 4.74 Å². The summed E-state index contributed by atoms with van der Waals surface area (Å²) in [6.45, 7) is 3.24. The van der Waals surface area contributed by atoms with E-state index < -0.39 is 6.16 Å². The topological polar surface area (TPSA) is 38.8 Å². The summed E-state index contributed by atoms with van der Waals surface area (Å²) >= 11 is 0.421. The van der Waals surface area contributed by atoms with Gasteiger partial charge in [0.15, 0.2) is 0 Å². The Morgan fingerprint density at radius 2 is 2.08 bits per heavy atom. The molecule has 3 saturated heterocycles.